The highest BCUT2D eigenvalue weighted by molar-refractivity contribution is 9.10. The highest BCUT2D eigenvalue weighted by Crippen LogP contribution is 2.15. The zero-order valence-electron chi connectivity index (χ0n) is 8.51. The van der Waals surface area contributed by atoms with Crippen LogP contribution in [-0.2, 0) is 0 Å². The van der Waals surface area contributed by atoms with Gasteiger partial charge < -0.3 is 5.73 Å². The molecule has 2 heterocycles. The summed E-state index contributed by atoms with van der Waals surface area (Å²) in [6.07, 6.45) is 3.34. The second kappa shape index (κ2) is 4.05. The third-order valence-corrected chi connectivity index (χ3v) is 2.46. The number of pyridine rings is 1. The number of aromatic nitrogens is 3. The van der Waals surface area contributed by atoms with Crippen molar-refractivity contribution in [3.05, 3.63) is 40.3 Å². The SMILES string of the molecule is Cc1ccc(C(N)=O)c(-n2cc(Br)cn2)n1. The number of rotatable bonds is 2. The average molecular weight is 281 g/mol. The summed E-state index contributed by atoms with van der Waals surface area (Å²) in [7, 11) is 0. The second-order valence-corrected chi connectivity index (χ2v) is 4.21. The standard InChI is InChI=1S/C10H9BrN4O/c1-6-2-3-8(9(12)16)10(14-6)15-5-7(11)4-13-15/h2-5H,1H3,(H2,12,16). The Bertz CT molecular complexity index is 550. The Hall–Kier alpha value is -1.69. The van der Waals surface area contributed by atoms with Crippen molar-refractivity contribution in [3.63, 3.8) is 0 Å². The molecule has 0 radical (unpaired) electrons. The van der Waals surface area contributed by atoms with E-state index in [1.807, 2.05) is 6.92 Å². The maximum absolute atomic E-state index is 11.2. The molecule has 0 aromatic carbocycles. The molecule has 6 heteroatoms. The summed E-state index contributed by atoms with van der Waals surface area (Å²) in [5.41, 5.74) is 6.42. The maximum Gasteiger partial charge on any atom is 0.252 e. The van der Waals surface area contributed by atoms with Crippen molar-refractivity contribution in [1.29, 1.82) is 0 Å². The number of nitrogens with two attached hydrogens (primary N) is 1. The molecule has 0 spiro atoms. The first-order valence-corrected chi connectivity index (χ1v) is 5.35. The molecule has 1 amide bonds. The van der Waals surface area contributed by atoms with Crippen LogP contribution in [0.1, 0.15) is 16.1 Å². The van der Waals surface area contributed by atoms with Gasteiger partial charge in [-0.15, -0.1) is 0 Å². The maximum atomic E-state index is 11.2. The van der Waals surface area contributed by atoms with Gasteiger partial charge in [-0.1, -0.05) is 0 Å². The van der Waals surface area contributed by atoms with E-state index in [9.17, 15) is 4.79 Å². The highest BCUT2D eigenvalue weighted by atomic mass is 79.9. The molecule has 0 fully saturated rings. The van der Waals surface area contributed by atoms with Crippen LogP contribution in [0, 0.1) is 6.92 Å². The number of hydrogen-bond donors (Lipinski definition) is 1. The van der Waals surface area contributed by atoms with Gasteiger partial charge in [0.25, 0.3) is 5.91 Å². The fourth-order valence-corrected chi connectivity index (χ4v) is 1.61. The number of hydrogen-bond acceptors (Lipinski definition) is 3. The topological polar surface area (TPSA) is 73.8 Å². The predicted molar refractivity (Wildman–Crippen MR) is 62.3 cm³/mol. The summed E-state index contributed by atoms with van der Waals surface area (Å²) in [6.45, 7) is 1.84. The van der Waals surface area contributed by atoms with E-state index in [2.05, 4.69) is 26.0 Å². The van der Waals surface area contributed by atoms with Gasteiger partial charge in [0.05, 0.1) is 16.2 Å². The number of halogens is 1. The highest BCUT2D eigenvalue weighted by Gasteiger charge is 2.12. The summed E-state index contributed by atoms with van der Waals surface area (Å²) in [5, 5.41) is 4.07. The fourth-order valence-electron chi connectivity index (χ4n) is 1.33. The lowest BCUT2D eigenvalue weighted by Gasteiger charge is -2.06. The van der Waals surface area contributed by atoms with Crippen molar-refractivity contribution >= 4 is 21.8 Å². The summed E-state index contributed by atoms with van der Waals surface area (Å²) < 4.78 is 2.32. The Morgan fingerprint density at radius 1 is 1.50 bits per heavy atom. The normalized spacial score (nSPS) is 10.4. The zero-order valence-corrected chi connectivity index (χ0v) is 10.1. The molecule has 0 saturated carbocycles. The van der Waals surface area contributed by atoms with Crippen molar-refractivity contribution in [2.24, 2.45) is 5.73 Å². The van der Waals surface area contributed by atoms with Gasteiger partial charge in [0.1, 0.15) is 0 Å². The lowest BCUT2D eigenvalue weighted by Crippen LogP contribution is -2.16. The van der Waals surface area contributed by atoms with Crippen LogP contribution in [0.15, 0.2) is 29.0 Å². The smallest absolute Gasteiger partial charge is 0.252 e. The zero-order chi connectivity index (χ0) is 11.7. The van der Waals surface area contributed by atoms with E-state index in [1.165, 1.54) is 4.68 Å². The minimum Gasteiger partial charge on any atom is -0.365 e. The van der Waals surface area contributed by atoms with Crippen LogP contribution in [0.5, 0.6) is 0 Å². The van der Waals surface area contributed by atoms with Crippen molar-refractivity contribution in [2.45, 2.75) is 6.92 Å². The number of carbonyl (C=O) groups is 1. The quantitative estimate of drug-likeness (QED) is 0.905. The predicted octanol–water partition coefficient (Wildman–Crippen LogP) is 1.44. The van der Waals surface area contributed by atoms with Gasteiger partial charge in [0.2, 0.25) is 0 Å². The van der Waals surface area contributed by atoms with Crippen LogP contribution >= 0.6 is 15.9 Å². The number of amides is 1. The molecule has 0 aliphatic heterocycles. The van der Waals surface area contributed by atoms with Crippen molar-refractivity contribution in [2.75, 3.05) is 0 Å². The average Bonchev–Trinajstić information content (AvgIpc) is 2.64. The van der Waals surface area contributed by atoms with Crippen molar-refractivity contribution < 1.29 is 4.79 Å². The lowest BCUT2D eigenvalue weighted by atomic mass is 10.2. The molecule has 5 nitrogen and oxygen atoms in total. The van der Waals surface area contributed by atoms with E-state index >= 15 is 0 Å². The molecule has 0 bridgehead atoms. The van der Waals surface area contributed by atoms with Crippen molar-refractivity contribution in [1.82, 2.24) is 14.8 Å². The van der Waals surface area contributed by atoms with Crippen LogP contribution in [0.3, 0.4) is 0 Å². The first-order chi connectivity index (χ1) is 7.58. The molecule has 0 aliphatic rings. The molecular formula is C10H9BrN4O. The second-order valence-electron chi connectivity index (χ2n) is 3.29. The van der Waals surface area contributed by atoms with Crippen LogP contribution in [0.4, 0.5) is 0 Å². The molecule has 82 valence electrons. The first-order valence-electron chi connectivity index (χ1n) is 4.56. The largest absolute Gasteiger partial charge is 0.365 e. The number of primary amides is 1. The summed E-state index contributed by atoms with van der Waals surface area (Å²) in [6, 6.07) is 3.39. The van der Waals surface area contributed by atoms with Gasteiger partial charge in [-0.05, 0) is 35.0 Å². The molecule has 2 rings (SSSR count). The van der Waals surface area contributed by atoms with Gasteiger partial charge in [-0.3, -0.25) is 4.79 Å². The molecule has 16 heavy (non-hydrogen) atoms. The fraction of sp³-hybridized carbons (Fsp3) is 0.100. The molecule has 0 atom stereocenters. The van der Waals surface area contributed by atoms with E-state index < -0.39 is 5.91 Å². The van der Waals surface area contributed by atoms with Gasteiger partial charge >= 0.3 is 0 Å². The molecule has 2 N–H and O–H groups in total. The summed E-state index contributed by atoms with van der Waals surface area (Å²) in [4.78, 5) is 15.5. The van der Waals surface area contributed by atoms with E-state index in [1.54, 1.807) is 24.5 Å². The number of carbonyl (C=O) groups excluding carboxylic acids is 1. The lowest BCUT2D eigenvalue weighted by molar-refractivity contribution is 0.1000. The number of nitrogens with zero attached hydrogens (tertiary/aromatic N) is 3. The van der Waals surface area contributed by atoms with Gasteiger partial charge in [-0.25, -0.2) is 9.67 Å². The van der Waals surface area contributed by atoms with E-state index in [-0.39, 0.29) is 0 Å². The van der Waals surface area contributed by atoms with E-state index in [4.69, 9.17) is 5.73 Å². The Morgan fingerprint density at radius 2 is 2.25 bits per heavy atom. The molecule has 0 aliphatic carbocycles. The van der Waals surface area contributed by atoms with Gasteiger partial charge in [-0.2, -0.15) is 5.10 Å². The van der Waals surface area contributed by atoms with Crippen LogP contribution in [0.25, 0.3) is 5.82 Å². The molecule has 0 unspecified atom stereocenters. The number of aryl methyl sites for hydroxylation is 1. The molecule has 0 saturated heterocycles. The van der Waals surface area contributed by atoms with Crippen LogP contribution in [0.2, 0.25) is 0 Å². The summed E-state index contributed by atoms with van der Waals surface area (Å²) in [5.74, 6) is -0.0766. The third kappa shape index (κ3) is 1.96. The molecular weight excluding hydrogens is 272 g/mol. The Balaban J connectivity index is 2.62. The van der Waals surface area contributed by atoms with Gasteiger partial charge in [0, 0.05) is 11.9 Å². The van der Waals surface area contributed by atoms with Crippen LogP contribution < -0.4 is 5.73 Å². The Kier molecular flexibility index (Phi) is 2.74. The van der Waals surface area contributed by atoms with Crippen molar-refractivity contribution in [3.8, 4) is 5.82 Å². The monoisotopic (exact) mass is 280 g/mol. The van der Waals surface area contributed by atoms with E-state index in [0.29, 0.717) is 11.4 Å². The molecule has 2 aromatic heterocycles. The third-order valence-electron chi connectivity index (χ3n) is 2.05. The molecule has 2 aromatic rings. The van der Waals surface area contributed by atoms with Crippen LogP contribution in [-0.4, -0.2) is 20.7 Å². The van der Waals surface area contributed by atoms with Gasteiger partial charge in [0.15, 0.2) is 5.82 Å². The first kappa shape index (κ1) is 10.8. The summed E-state index contributed by atoms with van der Waals surface area (Å²) >= 11 is 3.28. The van der Waals surface area contributed by atoms with E-state index in [0.717, 1.165) is 10.2 Å². The minimum absolute atomic E-state index is 0.348. The minimum atomic E-state index is -0.519. The Morgan fingerprint density at radius 3 is 2.81 bits per heavy atom. The Labute approximate surface area is 100 Å².